The van der Waals surface area contributed by atoms with E-state index in [1.54, 1.807) is 0 Å². The number of rotatable bonds is 6. The number of nitrogens with zero attached hydrogens (tertiary/aromatic N) is 2. The van der Waals surface area contributed by atoms with Gasteiger partial charge in [0.15, 0.2) is 0 Å². The molecule has 1 heterocycles. The van der Waals surface area contributed by atoms with Crippen molar-refractivity contribution >= 4 is 5.84 Å². The average Bonchev–Trinajstić information content (AvgIpc) is 2.28. The molecule has 94 valence electrons. The van der Waals surface area contributed by atoms with Crippen molar-refractivity contribution in [2.75, 3.05) is 32.7 Å². The van der Waals surface area contributed by atoms with E-state index in [-0.39, 0.29) is 0 Å². The standard InChI is InChI=1S/C12H26N4/c1-3-11(2)16-9-7-15(8-10-16)6-4-5-12(13)14/h11H,3-10H2,1-2H3,(H3,13,14). The van der Waals surface area contributed by atoms with Crippen LogP contribution in [-0.2, 0) is 0 Å². The largest absolute Gasteiger partial charge is 0.388 e. The lowest BCUT2D eigenvalue weighted by molar-refractivity contribution is 0.100. The third-order valence-corrected chi connectivity index (χ3v) is 3.54. The molecule has 1 saturated heterocycles. The van der Waals surface area contributed by atoms with E-state index in [1.807, 2.05) is 0 Å². The molecule has 0 aromatic rings. The second-order valence-corrected chi connectivity index (χ2v) is 4.76. The monoisotopic (exact) mass is 226 g/mol. The molecular formula is C12H26N4. The van der Waals surface area contributed by atoms with Crippen LogP contribution in [0.4, 0.5) is 0 Å². The fourth-order valence-electron chi connectivity index (χ4n) is 2.18. The molecule has 0 spiro atoms. The summed E-state index contributed by atoms with van der Waals surface area (Å²) in [4.78, 5) is 5.06. The number of hydrogen-bond acceptors (Lipinski definition) is 3. The van der Waals surface area contributed by atoms with Gasteiger partial charge < -0.3 is 10.6 Å². The molecule has 0 saturated carbocycles. The number of hydrogen-bond donors (Lipinski definition) is 2. The maximum Gasteiger partial charge on any atom is 0.0905 e. The molecule has 1 rings (SSSR count). The van der Waals surface area contributed by atoms with Crippen LogP contribution >= 0.6 is 0 Å². The molecule has 0 aromatic carbocycles. The lowest BCUT2D eigenvalue weighted by atomic mass is 10.2. The van der Waals surface area contributed by atoms with Crippen molar-refractivity contribution in [3.8, 4) is 0 Å². The highest BCUT2D eigenvalue weighted by Crippen LogP contribution is 2.09. The van der Waals surface area contributed by atoms with E-state index in [0.717, 1.165) is 25.4 Å². The van der Waals surface area contributed by atoms with Crippen molar-refractivity contribution in [3.05, 3.63) is 0 Å². The summed E-state index contributed by atoms with van der Waals surface area (Å²) in [5.41, 5.74) is 5.34. The molecule has 0 aliphatic carbocycles. The van der Waals surface area contributed by atoms with E-state index < -0.39 is 0 Å². The Morgan fingerprint density at radius 3 is 2.44 bits per heavy atom. The second kappa shape index (κ2) is 6.86. The van der Waals surface area contributed by atoms with Gasteiger partial charge in [0.2, 0.25) is 0 Å². The SMILES string of the molecule is CCC(C)N1CCN(CCCC(=N)N)CC1. The van der Waals surface area contributed by atoms with Crippen LogP contribution in [-0.4, -0.2) is 54.4 Å². The highest BCUT2D eigenvalue weighted by Gasteiger charge is 2.19. The summed E-state index contributed by atoms with van der Waals surface area (Å²) in [6, 6.07) is 0.722. The van der Waals surface area contributed by atoms with E-state index in [2.05, 4.69) is 23.6 Å². The van der Waals surface area contributed by atoms with Gasteiger partial charge in [0.25, 0.3) is 0 Å². The van der Waals surface area contributed by atoms with E-state index in [4.69, 9.17) is 11.1 Å². The summed E-state index contributed by atoms with van der Waals surface area (Å²) >= 11 is 0. The van der Waals surface area contributed by atoms with Crippen LogP contribution in [0.15, 0.2) is 0 Å². The summed E-state index contributed by atoms with van der Waals surface area (Å²) in [6.45, 7) is 10.4. The molecule has 0 bridgehead atoms. The molecule has 1 fully saturated rings. The molecule has 1 aliphatic rings. The zero-order valence-electron chi connectivity index (χ0n) is 10.7. The number of nitrogens with one attached hydrogen (secondary N) is 1. The maximum atomic E-state index is 7.18. The second-order valence-electron chi connectivity index (χ2n) is 4.76. The van der Waals surface area contributed by atoms with Gasteiger partial charge in [-0.15, -0.1) is 0 Å². The van der Waals surface area contributed by atoms with Gasteiger partial charge in [-0.3, -0.25) is 10.3 Å². The van der Waals surface area contributed by atoms with Crippen molar-refractivity contribution in [2.24, 2.45) is 5.73 Å². The van der Waals surface area contributed by atoms with E-state index >= 15 is 0 Å². The first-order valence-electron chi connectivity index (χ1n) is 6.42. The topological polar surface area (TPSA) is 56.4 Å². The highest BCUT2D eigenvalue weighted by molar-refractivity contribution is 5.76. The first-order chi connectivity index (χ1) is 7.63. The number of amidine groups is 1. The summed E-state index contributed by atoms with van der Waals surface area (Å²) < 4.78 is 0. The van der Waals surface area contributed by atoms with Crippen molar-refractivity contribution < 1.29 is 0 Å². The average molecular weight is 226 g/mol. The normalized spacial score (nSPS) is 20.9. The zero-order chi connectivity index (χ0) is 12.0. The van der Waals surface area contributed by atoms with Crippen LogP contribution in [0.25, 0.3) is 0 Å². The van der Waals surface area contributed by atoms with Gasteiger partial charge in [0.05, 0.1) is 5.84 Å². The predicted octanol–water partition coefficient (Wildman–Crippen LogP) is 1.12. The Morgan fingerprint density at radius 2 is 1.94 bits per heavy atom. The van der Waals surface area contributed by atoms with Crippen molar-refractivity contribution in [1.29, 1.82) is 5.41 Å². The Labute approximate surface area is 99.3 Å². The third kappa shape index (κ3) is 4.49. The molecule has 1 unspecified atom stereocenters. The lowest BCUT2D eigenvalue weighted by Crippen LogP contribution is -2.49. The Kier molecular flexibility index (Phi) is 5.77. The summed E-state index contributed by atoms with van der Waals surface area (Å²) in [5.74, 6) is 0.318. The van der Waals surface area contributed by atoms with Crippen molar-refractivity contribution in [1.82, 2.24) is 9.80 Å². The van der Waals surface area contributed by atoms with E-state index in [0.29, 0.717) is 5.84 Å². The number of nitrogens with two attached hydrogens (primary N) is 1. The van der Waals surface area contributed by atoms with Crippen LogP contribution in [0.3, 0.4) is 0 Å². The van der Waals surface area contributed by atoms with E-state index in [1.165, 1.54) is 32.6 Å². The van der Waals surface area contributed by atoms with Crippen molar-refractivity contribution in [2.45, 2.75) is 39.2 Å². The Morgan fingerprint density at radius 1 is 1.31 bits per heavy atom. The predicted molar refractivity (Wildman–Crippen MR) is 68.9 cm³/mol. The Hall–Kier alpha value is -0.610. The first-order valence-corrected chi connectivity index (χ1v) is 6.42. The van der Waals surface area contributed by atoms with Gasteiger partial charge in [0, 0.05) is 38.6 Å². The van der Waals surface area contributed by atoms with Gasteiger partial charge >= 0.3 is 0 Å². The fraction of sp³-hybridized carbons (Fsp3) is 0.917. The van der Waals surface area contributed by atoms with Gasteiger partial charge in [-0.1, -0.05) is 6.92 Å². The quantitative estimate of drug-likeness (QED) is 0.527. The minimum Gasteiger partial charge on any atom is -0.388 e. The van der Waals surface area contributed by atoms with Gasteiger partial charge in [0.1, 0.15) is 0 Å². The fourth-order valence-corrected chi connectivity index (χ4v) is 2.18. The van der Waals surface area contributed by atoms with Crippen LogP contribution in [0.1, 0.15) is 33.1 Å². The molecule has 3 N–H and O–H groups in total. The summed E-state index contributed by atoms with van der Waals surface area (Å²) in [7, 11) is 0. The molecule has 4 heteroatoms. The molecule has 1 atom stereocenters. The molecule has 1 aliphatic heterocycles. The smallest absolute Gasteiger partial charge is 0.0905 e. The third-order valence-electron chi connectivity index (χ3n) is 3.54. The Balaban J connectivity index is 2.14. The van der Waals surface area contributed by atoms with Crippen LogP contribution in [0.5, 0.6) is 0 Å². The van der Waals surface area contributed by atoms with Gasteiger partial charge in [-0.25, -0.2) is 0 Å². The zero-order valence-corrected chi connectivity index (χ0v) is 10.7. The van der Waals surface area contributed by atoms with Crippen LogP contribution in [0, 0.1) is 5.41 Å². The Bertz CT molecular complexity index is 209. The summed E-state index contributed by atoms with van der Waals surface area (Å²) in [6.07, 6.45) is 3.01. The summed E-state index contributed by atoms with van der Waals surface area (Å²) in [5, 5.41) is 7.18. The first kappa shape index (κ1) is 13.5. The highest BCUT2D eigenvalue weighted by atomic mass is 15.3. The molecule has 4 nitrogen and oxygen atoms in total. The van der Waals surface area contributed by atoms with Crippen LogP contribution < -0.4 is 5.73 Å². The van der Waals surface area contributed by atoms with Gasteiger partial charge in [-0.05, 0) is 26.3 Å². The van der Waals surface area contributed by atoms with E-state index in [9.17, 15) is 0 Å². The number of piperazine rings is 1. The maximum absolute atomic E-state index is 7.18. The molecule has 0 radical (unpaired) electrons. The molecule has 16 heavy (non-hydrogen) atoms. The minimum absolute atomic E-state index is 0.318. The van der Waals surface area contributed by atoms with Gasteiger partial charge in [-0.2, -0.15) is 0 Å². The molecule has 0 amide bonds. The van der Waals surface area contributed by atoms with Crippen molar-refractivity contribution in [3.63, 3.8) is 0 Å². The van der Waals surface area contributed by atoms with Crippen LogP contribution in [0.2, 0.25) is 0 Å². The minimum atomic E-state index is 0.318. The molecule has 0 aromatic heterocycles. The molecular weight excluding hydrogens is 200 g/mol. The lowest BCUT2D eigenvalue weighted by Gasteiger charge is -2.37.